The lowest BCUT2D eigenvalue weighted by Crippen LogP contribution is -2.38. The highest BCUT2D eigenvalue weighted by Crippen LogP contribution is 2.25. The van der Waals surface area contributed by atoms with Gasteiger partial charge in [0, 0.05) is 6.54 Å². The minimum atomic E-state index is -0.609. The number of carbonyl (C=O) groups excluding carboxylic acids is 2. The molecule has 0 spiro atoms. The maximum absolute atomic E-state index is 13.2. The van der Waals surface area contributed by atoms with Gasteiger partial charge in [0.05, 0.1) is 24.8 Å². The summed E-state index contributed by atoms with van der Waals surface area (Å²) in [6.45, 7) is 2.75. The van der Waals surface area contributed by atoms with Gasteiger partial charge in [0.15, 0.2) is 0 Å². The van der Waals surface area contributed by atoms with Gasteiger partial charge in [-0.05, 0) is 48.9 Å². The number of imide groups is 1. The first kappa shape index (κ1) is 17.1. The van der Waals surface area contributed by atoms with Crippen LogP contribution in [0.3, 0.4) is 0 Å². The maximum atomic E-state index is 13.2. The van der Waals surface area contributed by atoms with E-state index in [4.69, 9.17) is 4.74 Å². The second-order valence-electron chi connectivity index (χ2n) is 5.76. The van der Waals surface area contributed by atoms with Crippen LogP contribution in [-0.4, -0.2) is 24.5 Å². The third kappa shape index (κ3) is 3.85. The van der Waals surface area contributed by atoms with Gasteiger partial charge in [-0.1, -0.05) is 12.1 Å². The number of carbonyl (C=O) groups is 2. The molecule has 2 amide bonds. The van der Waals surface area contributed by atoms with Crippen molar-refractivity contribution in [3.05, 3.63) is 59.9 Å². The Balaban J connectivity index is 1.67. The molecule has 2 aromatic carbocycles. The van der Waals surface area contributed by atoms with Crippen LogP contribution in [0.15, 0.2) is 48.5 Å². The molecule has 1 aliphatic rings. The third-order valence-corrected chi connectivity index (χ3v) is 3.99. The van der Waals surface area contributed by atoms with Crippen LogP contribution in [0.25, 0.3) is 0 Å². The first-order chi connectivity index (χ1) is 12.1. The second-order valence-corrected chi connectivity index (χ2v) is 5.76. The summed E-state index contributed by atoms with van der Waals surface area (Å²) in [6, 6.07) is 12.4. The highest BCUT2D eigenvalue weighted by atomic mass is 19.1. The number of nitrogens with one attached hydrogen (secondary N) is 1. The van der Waals surface area contributed by atoms with E-state index < -0.39 is 6.04 Å². The number of ether oxygens (including phenoxy) is 1. The van der Waals surface area contributed by atoms with E-state index in [0.717, 1.165) is 5.56 Å². The van der Waals surface area contributed by atoms with Crippen molar-refractivity contribution in [1.29, 1.82) is 0 Å². The fourth-order valence-electron chi connectivity index (χ4n) is 2.81. The average molecular weight is 342 g/mol. The Labute approximate surface area is 145 Å². The van der Waals surface area contributed by atoms with Gasteiger partial charge in [0.1, 0.15) is 11.6 Å². The summed E-state index contributed by atoms with van der Waals surface area (Å²) >= 11 is 0. The number of benzene rings is 2. The van der Waals surface area contributed by atoms with Crippen molar-refractivity contribution in [2.75, 3.05) is 11.5 Å². The second kappa shape index (κ2) is 7.44. The van der Waals surface area contributed by atoms with Gasteiger partial charge in [-0.2, -0.15) is 0 Å². The molecule has 1 saturated heterocycles. The van der Waals surface area contributed by atoms with Gasteiger partial charge in [-0.3, -0.25) is 9.59 Å². The zero-order chi connectivity index (χ0) is 17.8. The summed E-state index contributed by atoms with van der Waals surface area (Å²) in [4.78, 5) is 26.0. The molecule has 1 N–H and O–H groups in total. The highest BCUT2D eigenvalue weighted by molar-refractivity contribution is 6.22. The molecule has 1 unspecified atom stereocenters. The van der Waals surface area contributed by atoms with Gasteiger partial charge >= 0.3 is 0 Å². The number of rotatable bonds is 6. The molecule has 0 radical (unpaired) electrons. The van der Waals surface area contributed by atoms with Crippen molar-refractivity contribution in [3.8, 4) is 5.75 Å². The Kier molecular flexibility index (Phi) is 5.09. The number of anilines is 1. The third-order valence-electron chi connectivity index (χ3n) is 3.99. The summed E-state index contributed by atoms with van der Waals surface area (Å²) < 4.78 is 18.6. The lowest BCUT2D eigenvalue weighted by atomic mass is 10.2. The Bertz CT molecular complexity index is 776. The SMILES string of the molecule is CCOc1ccc(N2C(=O)CC(NCc3cccc(F)c3)C2=O)cc1. The molecular weight excluding hydrogens is 323 g/mol. The number of hydrogen-bond donors (Lipinski definition) is 1. The summed E-state index contributed by atoms with van der Waals surface area (Å²) in [7, 11) is 0. The van der Waals surface area contributed by atoms with E-state index in [1.165, 1.54) is 17.0 Å². The van der Waals surface area contributed by atoms with Crippen molar-refractivity contribution in [1.82, 2.24) is 5.32 Å². The van der Waals surface area contributed by atoms with E-state index in [-0.39, 0.29) is 24.1 Å². The molecule has 1 aliphatic heterocycles. The van der Waals surface area contributed by atoms with Crippen molar-refractivity contribution >= 4 is 17.5 Å². The Morgan fingerprint density at radius 3 is 2.64 bits per heavy atom. The zero-order valence-corrected chi connectivity index (χ0v) is 13.9. The van der Waals surface area contributed by atoms with Crippen molar-refractivity contribution < 1.29 is 18.7 Å². The Morgan fingerprint density at radius 2 is 1.96 bits per heavy atom. The molecule has 1 heterocycles. The molecule has 0 saturated carbocycles. The number of hydrogen-bond acceptors (Lipinski definition) is 4. The van der Waals surface area contributed by atoms with Gasteiger partial charge in [0.2, 0.25) is 5.91 Å². The van der Waals surface area contributed by atoms with E-state index in [0.29, 0.717) is 24.6 Å². The number of nitrogens with zero attached hydrogens (tertiary/aromatic N) is 1. The Hall–Kier alpha value is -2.73. The molecule has 2 aromatic rings. The van der Waals surface area contributed by atoms with Crippen molar-refractivity contribution in [2.45, 2.75) is 25.9 Å². The largest absolute Gasteiger partial charge is 0.494 e. The molecule has 0 bridgehead atoms. The van der Waals surface area contributed by atoms with Gasteiger partial charge in [-0.15, -0.1) is 0 Å². The molecule has 6 heteroatoms. The lowest BCUT2D eigenvalue weighted by Gasteiger charge is -2.16. The van der Waals surface area contributed by atoms with Crippen LogP contribution in [0, 0.1) is 5.82 Å². The number of halogens is 1. The molecule has 5 nitrogen and oxygen atoms in total. The first-order valence-corrected chi connectivity index (χ1v) is 8.16. The fraction of sp³-hybridized carbons (Fsp3) is 0.263. The van der Waals surface area contributed by atoms with Crippen LogP contribution < -0.4 is 15.0 Å². The topological polar surface area (TPSA) is 58.6 Å². The fourth-order valence-corrected chi connectivity index (χ4v) is 2.81. The molecule has 1 atom stereocenters. The zero-order valence-electron chi connectivity index (χ0n) is 13.9. The molecule has 3 rings (SSSR count). The molecule has 130 valence electrons. The quantitative estimate of drug-likeness (QED) is 0.820. The minimum Gasteiger partial charge on any atom is -0.494 e. The minimum absolute atomic E-state index is 0.0847. The summed E-state index contributed by atoms with van der Waals surface area (Å²) in [5.41, 5.74) is 1.24. The van der Waals surface area contributed by atoms with Gasteiger partial charge in [-0.25, -0.2) is 9.29 Å². The van der Waals surface area contributed by atoms with Crippen LogP contribution >= 0.6 is 0 Å². The predicted octanol–water partition coefficient (Wildman–Crippen LogP) is 2.65. The molecular formula is C19H19FN2O3. The van der Waals surface area contributed by atoms with E-state index >= 15 is 0 Å². The van der Waals surface area contributed by atoms with Crippen LogP contribution in [0.2, 0.25) is 0 Å². The summed E-state index contributed by atoms with van der Waals surface area (Å²) in [5, 5.41) is 3.03. The summed E-state index contributed by atoms with van der Waals surface area (Å²) in [5.74, 6) is -0.202. The van der Waals surface area contributed by atoms with Crippen molar-refractivity contribution in [3.63, 3.8) is 0 Å². The summed E-state index contributed by atoms with van der Waals surface area (Å²) in [6.07, 6.45) is 0.0847. The van der Waals surface area contributed by atoms with Crippen LogP contribution in [0.4, 0.5) is 10.1 Å². The average Bonchev–Trinajstić information content (AvgIpc) is 2.88. The normalized spacial score (nSPS) is 17.2. The lowest BCUT2D eigenvalue weighted by molar-refractivity contribution is -0.121. The molecule has 25 heavy (non-hydrogen) atoms. The molecule has 0 aromatic heterocycles. The smallest absolute Gasteiger partial charge is 0.251 e. The van der Waals surface area contributed by atoms with Crippen LogP contribution in [0.1, 0.15) is 18.9 Å². The highest BCUT2D eigenvalue weighted by Gasteiger charge is 2.39. The van der Waals surface area contributed by atoms with Crippen LogP contribution in [-0.2, 0) is 16.1 Å². The van der Waals surface area contributed by atoms with E-state index in [1.807, 2.05) is 6.92 Å². The van der Waals surface area contributed by atoms with E-state index in [9.17, 15) is 14.0 Å². The van der Waals surface area contributed by atoms with Gasteiger partial charge in [0.25, 0.3) is 5.91 Å². The van der Waals surface area contributed by atoms with Gasteiger partial charge < -0.3 is 10.1 Å². The molecule has 0 aliphatic carbocycles. The first-order valence-electron chi connectivity index (χ1n) is 8.16. The van der Waals surface area contributed by atoms with Crippen LogP contribution in [0.5, 0.6) is 5.75 Å². The monoisotopic (exact) mass is 342 g/mol. The van der Waals surface area contributed by atoms with Crippen molar-refractivity contribution in [2.24, 2.45) is 0 Å². The predicted molar refractivity (Wildman–Crippen MR) is 91.7 cm³/mol. The maximum Gasteiger partial charge on any atom is 0.251 e. The Morgan fingerprint density at radius 1 is 1.20 bits per heavy atom. The number of amides is 2. The standard InChI is InChI=1S/C19H19FN2O3/c1-2-25-16-8-6-15(7-9-16)22-18(23)11-17(19(22)24)21-12-13-4-3-5-14(20)10-13/h3-10,17,21H,2,11-12H2,1H3. The van der Waals surface area contributed by atoms with E-state index in [2.05, 4.69) is 5.32 Å². The molecule has 1 fully saturated rings. The van der Waals surface area contributed by atoms with E-state index in [1.54, 1.807) is 36.4 Å².